The summed E-state index contributed by atoms with van der Waals surface area (Å²) >= 11 is 0. The first kappa shape index (κ1) is 30.5. The van der Waals surface area contributed by atoms with E-state index < -0.39 is 23.6 Å². The maximum Gasteiger partial charge on any atom is 0.426 e. The van der Waals surface area contributed by atoms with Gasteiger partial charge >= 0.3 is 6.11 Å². The number of hydrogen-bond donors (Lipinski definition) is 0. The van der Waals surface area contributed by atoms with Gasteiger partial charge < -0.3 is 4.74 Å². The van der Waals surface area contributed by atoms with Gasteiger partial charge in [-0.05, 0) is 89.2 Å². The maximum atomic E-state index is 15.2. The Morgan fingerprint density at radius 3 is 1.75 bits per heavy atom. The second-order valence-electron chi connectivity index (χ2n) is 10.5. The lowest BCUT2D eigenvalue weighted by atomic mass is 9.96. The fraction of sp³-hybridized carbons (Fsp3) is 0.162. The monoisotopic (exact) mass is 597 g/mol. The molecule has 0 radical (unpaired) electrons. The number of halogens is 5. The lowest BCUT2D eigenvalue weighted by molar-refractivity contribution is -0.185. The fourth-order valence-electron chi connectivity index (χ4n) is 4.99. The first-order valence-electron chi connectivity index (χ1n) is 14.2. The van der Waals surface area contributed by atoms with Crippen LogP contribution < -0.4 is 4.74 Å². The summed E-state index contributed by atoms with van der Waals surface area (Å²) in [7, 11) is 0. The molecule has 0 spiro atoms. The maximum absolute atomic E-state index is 15.2. The Labute approximate surface area is 253 Å². The van der Waals surface area contributed by atoms with Gasteiger partial charge in [0, 0.05) is 11.1 Å². The second kappa shape index (κ2) is 13.1. The highest BCUT2D eigenvalue weighted by molar-refractivity contribution is 5.74. The molecule has 0 bridgehead atoms. The van der Waals surface area contributed by atoms with Gasteiger partial charge in [0.15, 0.2) is 0 Å². The van der Waals surface area contributed by atoms with Crippen molar-refractivity contribution in [2.24, 2.45) is 0 Å². The normalized spacial score (nSPS) is 11.3. The molecule has 0 amide bonds. The minimum absolute atomic E-state index is 0.0411. The van der Waals surface area contributed by atoms with E-state index in [9.17, 15) is 17.6 Å². The average Bonchev–Trinajstić information content (AvgIpc) is 3.01. The fourth-order valence-corrected chi connectivity index (χ4v) is 4.99. The number of alkyl halides is 2. The van der Waals surface area contributed by atoms with E-state index in [2.05, 4.69) is 6.92 Å². The van der Waals surface area contributed by atoms with Crippen LogP contribution in [0.5, 0.6) is 5.75 Å². The smallest absolute Gasteiger partial charge is 0.426 e. The molecule has 0 N–H and O–H groups in total. The van der Waals surface area contributed by atoms with Crippen LogP contribution in [-0.2, 0) is 12.5 Å². The van der Waals surface area contributed by atoms with Crippen molar-refractivity contribution in [3.8, 4) is 45.2 Å². The second-order valence-corrected chi connectivity index (χ2v) is 10.5. The zero-order valence-electron chi connectivity index (χ0n) is 23.9. The van der Waals surface area contributed by atoms with Gasteiger partial charge in [-0.3, -0.25) is 0 Å². The highest BCUT2D eigenvalue weighted by atomic mass is 19.3. The topological polar surface area (TPSA) is 33.0 Å². The van der Waals surface area contributed by atoms with E-state index >= 15 is 4.39 Å². The van der Waals surface area contributed by atoms with Crippen molar-refractivity contribution in [1.82, 2.24) is 0 Å². The van der Waals surface area contributed by atoms with E-state index in [1.54, 1.807) is 36.4 Å². The van der Waals surface area contributed by atoms with E-state index in [1.165, 1.54) is 60.7 Å². The van der Waals surface area contributed by atoms with E-state index in [1.807, 2.05) is 0 Å². The molecule has 0 saturated carbocycles. The number of unbranched alkanes of at least 4 members (excludes halogenated alkanes) is 2. The van der Waals surface area contributed by atoms with Gasteiger partial charge in [0.1, 0.15) is 29.3 Å². The standard InChI is InChI=1S/C37H28F5NO/c1-2-3-4-5-24-6-14-30(15-7-24)37(41,42)44-31-16-10-25(11-17-31)26-12-18-32(35(39)20-26)28-13-19-33(36(40)22-28)27-8-9-29(23-43)34(38)21-27/h6-22H,2-5H2,1H3. The van der Waals surface area contributed by atoms with Crippen LogP contribution in [0.15, 0.2) is 103 Å². The van der Waals surface area contributed by atoms with Gasteiger partial charge in [-0.25, -0.2) is 13.2 Å². The summed E-state index contributed by atoms with van der Waals surface area (Å²) < 4.78 is 78.9. The molecule has 0 fully saturated rings. The van der Waals surface area contributed by atoms with Crippen molar-refractivity contribution >= 4 is 0 Å². The highest BCUT2D eigenvalue weighted by Gasteiger charge is 2.34. The van der Waals surface area contributed by atoms with Crippen LogP contribution in [0.4, 0.5) is 22.0 Å². The summed E-state index contributed by atoms with van der Waals surface area (Å²) in [4.78, 5) is 0. The molecule has 0 aliphatic carbocycles. The molecule has 0 aliphatic rings. The van der Waals surface area contributed by atoms with Gasteiger partial charge in [0.25, 0.3) is 0 Å². The van der Waals surface area contributed by atoms with Gasteiger partial charge in [0.05, 0.1) is 11.1 Å². The average molecular weight is 598 g/mol. The summed E-state index contributed by atoms with van der Waals surface area (Å²) in [5, 5.41) is 8.91. The van der Waals surface area contributed by atoms with E-state index in [0.717, 1.165) is 43.4 Å². The summed E-state index contributed by atoms with van der Waals surface area (Å²) in [5.41, 5.74) is 2.48. The van der Waals surface area contributed by atoms with E-state index in [4.69, 9.17) is 10.00 Å². The molecular formula is C37H28F5NO. The van der Waals surface area contributed by atoms with Crippen LogP contribution in [0.2, 0.25) is 0 Å². The molecule has 44 heavy (non-hydrogen) atoms. The molecule has 5 rings (SSSR count). The van der Waals surface area contributed by atoms with Gasteiger partial charge in [-0.2, -0.15) is 14.0 Å². The van der Waals surface area contributed by atoms with Gasteiger partial charge in [-0.15, -0.1) is 0 Å². The van der Waals surface area contributed by atoms with Crippen LogP contribution >= 0.6 is 0 Å². The Morgan fingerprint density at radius 2 is 1.18 bits per heavy atom. The van der Waals surface area contributed by atoms with Crippen LogP contribution in [-0.4, -0.2) is 0 Å². The first-order valence-corrected chi connectivity index (χ1v) is 14.2. The third-order valence-electron chi connectivity index (χ3n) is 7.44. The van der Waals surface area contributed by atoms with E-state index in [-0.39, 0.29) is 39.1 Å². The van der Waals surface area contributed by atoms with Crippen molar-refractivity contribution in [3.05, 3.63) is 137 Å². The molecule has 0 aromatic heterocycles. The number of ether oxygens (including phenoxy) is 1. The SMILES string of the molecule is CCCCCc1ccc(C(F)(F)Oc2ccc(-c3ccc(-c4ccc(-c5ccc(C#N)c(F)c5)c(F)c4)c(F)c3)cc2)cc1. The Balaban J connectivity index is 1.28. The number of benzene rings is 5. The number of nitriles is 1. The molecular weight excluding hydrogens is 569 g/mol. The quantitative estimate of drug-likeness (QED) is 0.119. The van der Waals surface area contributed by atoms with Crippen molar-refractivity contribution < 1.29 is 26.7 Å². The summed E-state index contributed by atoms with van der Waals surface area (Å²) in [6, 6.07) is 26.1. The van der Waals surface area contributed by atoms with E-state index in [0.29, 0.717) is 11.1 Å². The lowest BCUT2D eigenvalue weighted by Gasteiger charge is -2.19. The minimum atomic E-state index is -3.53. The Bertz CT molecular complexity index is 1810. The predicted molar refractivity (Wildman–Crippen MR) is 162 cm³/mol. The van der Waals surface area contributed by atoms with Gasteiger partial charge in [-0.1, -0.05) is 74.4 Å². The largest absolute Gasteiger partial charge is 0.429 e. The summed E-state index contributed by atoms with van der Waals surface area (Å²) in [6.07, 6.45) is 0.503. The molecule has 5 aromatic rings. The van der Waals surface area contributed by atoms with Crippen LogP contribution in [0.3, 0.4) is 0 Å². The Hall–Kier alpha value is -4.96. The molecule has 7 heteroatoms. The number of hydrogen-bond acceptors (Lipinski definition) is 2. The van der Waals surface area contributed by atoms with Crippen LogP contribution in [0.1, 0.15) is 42.9 Å². The summed E-state index contributed by atoms with van der Waals surface area (Å²) in [6.45, 7) is 2.11. The molecule has 0 aliphatic heterocycles. The Kier molecular flexibility index (Phi) is 9.10. The molecule has 0 atom stereocenters. The summed E-state index contributed by atoms with van der Waals surface area (Å²) in [5.74, 6) is -2.08. The predicted octanol–water partition coefficient (Wildman–Crippen LogP) is 10.8. The zero-order chi connectivity index (χ0) is 31.3. The molecule has 0 unspecified atom stereocenters. The molecule has 0 heterocycles. The van der Waals surface area contributed by atoms with Crippen LogP contribution in [0.25, 0.3) is 33.4 Å². The van der Waals surface area contributed by atoms with Crippen molar-refractivity contribution in [3.63, 3.8) is 0 Å². The first-order chi connectivity index (χ1) is 21.2. The zero-order valence-corrected chi connectivity index (χ0v) is 23.9. The lowest BCUT2D eigenvalue weighted by Crippen LogP contribution is -2.21. The van der Waals surface area contributed by atoms with Crippen molar-refractivity contribution in [2.45, 2.75) is 38.7 Å². The van der Waals surface area contributed by atoms with Crippen LogP contribution in [0, 0.1) is 28.8 Å². The Morgan fingerprint density at radius 1 is 0.636 bits per heavy atom. The molecule has 2 nitrogen and oxygen atoms in total. The number of nitrogens with zero attached hydrogens (tertiary/aromatic N) is 1. The third-order valence-corrected chi connectivity index (χ3v) is 7.44. The minimum Gasteiger partial charge on any atom is -0.429 e. The number of aryl methyl sites for hydroxylation is 1. The van der Waals surface area contributed by atoms with Gasteiger partial charge in [0.2, 0.25) is 0 Å². The van der Waals surface area contributed by atoms with Crippen molar-refractivity contribution in [1.29, 1.82) is 5.26 Å². The van der Waals surface area contributed by atoms with Crippen molar-refractivity contribution in [2.75, 3.05) is 0 Å². The molecule has 5 aromatic carbocycles. The third kappa shape index (κ3) is 6.81. The highest BCUT2D eigenvalue weighted by Crippen LogP contribution is 2.35. The molecule has 0 saturated heterocycles. The molecule has 222 valence electrons. The number of rotatable bonds is 10.